The summed E-state index contributed by atoms with van der Waals surface area (Å²) in [5, 5.41) is 18.2. The number of aliphatic carboxylic acids is 1. The van der Waals surface area contributed by atoms with Gasteiger partial charge in [-0.15, -0.1) is 0 Å². The summed E-state index contributed by atoms with van der Waals surface area (Å²) in [5.74, 6) is -1.69. The van der Waals surface area contributed by atoms with Gasteiger partial charge < -0.3 is 19.8 Å². The Labute approximate surface area is 104 Å². The molecule has 0 aromatic rings. The van der Waals surface area contributed by atoms with Gasteiger partial charge in [0, 0.05) is 6.42 Å². The minimum atomic E-state index is -2.63. The molecule has 104 valence electrons. The van der Waals surface area contributed by atoms with Gasteiger partial charge in [0.1, 0.15) is 5.60 Å². The molecule has 6 nitrogen and oxygen atoms in total. The van der Waals surface area contributed by atoms with Crippen LogP contribution >= 0.6 is 0 Å². The number of nitrogens with zero attached hydrogens (tertiary/aromatic N) is 1. The number of halogens is 1. The lowest BCUT2D eigenvalue weighted by Crippen LogP contribution is -2.57. The van der Waals surface area contributed by atoms with E-state index in [1.165, 1.54) is 0 Å². The monoisotopic (exact) mass is 263 g/mol. The van der Waals surface area contributed by atoms with E-state index >= 15 is 0 Å². The van der Waals surface area contributed by atoms with Gasteiger partial charge in [-0.05, 0) is 20.8 Å². The van der Waals surface area contributed by atoms with Gasteiger partial charge in [0.15, 0.2) is 0 Å². The largest absolute Gasteiger partial charge is 0.479 e. The van der Waals surface area contributed by atoms with Crippen LogP contribution in [0, 0.1) is 0 Å². The number of aliphatic hydroxyl groups is 1. The lowest BCUT2D eigenvalue weighted by molar-refractivity contribution is -0.158. The van der Waals surface area contributed by atoms with Crippen LogP contribution in [0.15, 0.2) is 0 Å². The number of aliphatic hydroxyl groups excluding tert-OH is 1. The highest BCUT2D eigenvalue weighted by Gasteiger charge is 2.48. The number of carbonyl (C=O) groups excluding carboxylic acids is 1. The first-order valence-electron chi connectivity index (χ1n) is 5.62. The zero-order valence-corrected chi connectivity index (χ0v) is 10.6. The van der Waals surface area contributed by atoms with E-state index in [0.717, 1.165) is 4.90 Å². The maximum atomic E-state index is 14.0. The number of likely N-dealkylation sites (tertiary alicyclic amines) is 1. The molecule has 0 unspecified atom stereocenters. The molecule has 1 aliphatic heterocycles. The van der Waals surface area contributed by atoms with Gasteiger partial charge in [0.25, 0.3) is 0 Å². The molecule has 0 aromatic carbocycles. The minimum absolute atomic E-state index is 0.131. The van der Waals surface area contributed by atoms with Crippen molar-refractivity contribution >= 4 is 12.1 Å². The Morgan fingerprint density at radius 2 is 2.00 bits per heavy atom. The lowest BCUT2D eigenvalue weighted by atomic mass is 9.93. The molecule has 18 heavy (non-hydrogen) atoms. The molecule has 1 saturated heterocycles. The van der Waals surface area contributed by atoms with Crippen LogP contribution in [0.5, 0.6) is 0 Å². The fourth-order valence-electron chi connectivity index (χ4n) is 1.74. The average Bonchev–Trinajstić information content (AvgIpc) is 2.13. The quantitative estimate of drug-likeness (QED) is 0.730. The maximum absolute atomic E-state index is 14.0. The highest BCUT2D eigenvalue weighted by molar-refractivity contribution is 5.79. The summed E-state index contributed by atoms with van der Waals surface area (Å²) in [6.45, 7) is 4.18. The third kappa shape index (κ3) is 3.56. The molecular formula is C11H18FNO5. The van der Waals surface area contributed by atoms with Crippen molar-refractivity contribution in [2.75, 3.05) is 13.1 Å². The number of ether oxygens (including phenoxy) is 1. The summed E-state index contributed by atoms with van der Waals surface area (Å²) in [4.78, 5) is 23.4. The average molecular weight is 263 g/mol. The predicted octanol–water partition coefficient (Wildman–Crippen LogP) is 0.781. The van der Waals surface area contributed by atoms with Crippen molar-refractivity contribution in [1.82, 2.24) is 4.90 Å². The smallest absolute Gasteiger partial charge is 0.410 e. The molecule has 0 aliphatic carbocycles. The molecule has 0 bridgehead atoms. The van der Waals surface area contributed by atoms with E-state index in [4.69, 9.17) is 9.84 Å². The van der Waals surface area contributed by atoms with Crippen molar-refractivity contribution in [3.05, 3.63) is 0 Å². The van der Waals surface area contributed by atoms with Gasteiger partial charge in [-0.2, -0.15) is 0 Å². The highest BCUT2D eigenvalue weighted by atomic mass is 19.1. The molecular weight excluding hydrogens is 245 g/mol. The fourth-order valence-corrected chi connectivity index (χ4v) is 1.74. The van der Waals surface area contributed by atoms with Crippen molar-refractivity contribution in [3.8, 4) is 0 Å². The topological polar surface area (TPSA) is 87.1 Å². The standard InChI is InChI=1S/C11H18FNO5/c1-10(2,3)18-9(17)13-5-7(14)4-11(12,6-13)8(15)16/h7,14H,4-6H2,1-3H3,(H,15,16)/t7-,11+/m1/s1. The first-order chi connectivity index (χ1) is 8.03. The summed E-state index contributed by atoms with van der Waals surface area (Å²) in [7, 11) is 0. The fraction of sp³-hybridized carbons (Fsp3) is 0.818. The molecule has 0 aromatic heterocycles. The molecule has 1 aliphatic rings. The van der Waals surface area contributed by atoms with Crippen molar-refractivity contribution in [2.45, 2.75) is 44.6 Å². The van der Waals surface area contributed by atoms with Crippen molar-refractivity contribution in [2.24, 2.45) is 0 Å². The summed E-state index contributed by atoms with van der Waals surface area (Å²) in [6, 6.07) is 0. The van der Waals surface area contributed by atoms with Crippen molar-refractivity contribution in [1.29, 1.82) is 0 Å². The molecule has 1 fully saturated rings. The third-order valence-electron chi connectivity index (χ3n) is 2.47. The maximum Gasteiger partial charge on any atom is 0.410 e. The van der Waals surface area contributed by atoms with Gasteiger partial charge >= 0.3 is 12.1 Å². The number of piperidine rings is 1. The van der Waals surface area contributed by atoms with Gasteiger partial charge in [-0.25, -0.2) is 14.0 Å². The van der Waals surface area contributed by atoms with Crippen LogP contribution in [0.2, 0.25) is 0 Å². The predicted molar refractivity (Wildman–Crippen MR) is 59.9 cm³/mol. The Morgan fingerprint density at radius 1 is 1.44 bits per heavy atom. The second kappa shape index (κ2) is 4.72. The second-order valence-electron chi connectivity index (χ2n) is 5.49. The molecule has 1 amide bonds. The van der Waals surface area contributed by atoms with Crippen LogP contribution in [-0.4, -0.2) is 57.6 Å². The molecule has 0 saturated carbocycles. The number of carboxylic acids is 1. The molecule has 0 radical (unpaired) electrons. The van der Waals surface area contributed by atoms with E-state index in [2.05, 4.69) is 0 Å². The number of carboxylic acid groups (broad SMARTS) is 1. The lowest BCUT2D eigenvalue weighted by Gasteiger charge is -2.37. The molecule has 7 heteroatoms. The van der Waals surface area contributed by atoms with Gasteiger partial charge in [0.05, 0.1) is 19.2 Å². The van der Waals surface area contributed by atoms with E-state index in [1.807, 2.05) is 0 Å². The van der Waals surface area contributed by atoms with Crippen LogP contribution in [0.3, 0.4) is 0 Å². The minimum Gasteiger partial charge on any atom is -0.479 e. The number of hydrogen-bond acceptors (Lipinski definition) is 4. The molecule has 2 atom stereocenters. The Kier molecular flexibility index (Phi) is 3.85. The van der Waals surface area contributed by atoms with E-state index in [-0.39, 0.29) is 6.54 Å². The van der Waals surface area contributed by atoms with Crippen LogP contribution < -0.4 is 0 Å². The molecule has 2 N–H and O–H groups in total. The van der Waals surface area contributed by atoms with Crippen LogP contribution in [-0.2, 0) is 9.53 Å². The number of rotatable bonds is 1. The number of carbonyl (C=O) groups is 2. The zero-order chi connectivity index (χ0) is 14.1. The van der Waals surface area contributed by atoms with Gasteiger partial charge in [-0.1, -0.05) is 0 Å². The van der Waals surface area contributed by atoms with Crippen LogP contribution in [0.4, 0.5) is 9.18 Å². The van der Waals surface area contributed by atoms with Crippen LogP contribution in [0.25, 0.3) is 0 Å². The number of amides is 1. The summed E-state index contributed by atoms with van der Waals surface area (Å²) in [5.41, 5.74) is -3.39. The third-order valence-corrected chi connectivity index (χ3v) is 2.47. The van der Waals surface area contributed by atoms with E-state index in [9.17, 15) is 19.1 Å². The molecule has 0 spiro atoms. The number of alkyl halides is 1. The summed E-state index contributed by atoms with van der Waals surface area (Å²) >= 11 is 0. The van der Waals surface area contributed by atoms with E-state index in [1.54, 1.807) is 20.8 Å². The van der Waals surface area contributed by atoms with Crippen molar-refractivity contribution in [3.63, 3.8) is 0 Å². The summed E-state index contributed by atoms with van der Waals surface area (Å²) in [6.07, 6.45) is -2.57. The van der Waals surface area contributed by atoms with E-state index in [0.29, 0.717) is 0 Å². The normalized spacial score (nSPS) is 28.9. The SMILES string of the molecule is CC(C)(C)OC(=O)N1C[C@H](O)C[C@@](F)(C(=O)O)C1. The van der Waals surface area contributed by atoms with E-state index < -0.39 is 42.4 Å². The molecule has 1 heterocycles. The zero-order valence-electron chi connectivity index (χ0n) is 10.6. The summed E-state index contributed by atoms with van der Waals surface area (Å²) < 4.78 is 19.0. The first kappa shape index (κ1) is 14.7. The first-order valence-corrected chi connectivity index (χ1v) is 5.62. The van der Waals surface area contributed by atoms with Crippen molar-refractivity contribution < 1.29 is 28.9 Å². The van der Waals surface area contributed by atoms with Crippen LogP contribution in [0.1, 0.15) is 27.2 Å². The second-order valence-corrected chi connectivity index (χ2v) is 5.49. The Bertz CT molecular complexity index is 354. The molecule has 1 rings (SSSR count). The Balaban J connectivity index is 2.78. The Morgan fingerprint density at radius 3 is 2.44 bits per heavy atom. The number of hydrogen-bond donors (Lipinski definition) is 2. The number of β-amino-alcohol motifs (C(OH)–C–C–N with tert-alkyl or cyclic N) is 1. The Hall–Kier alpha value is -1.37. The van der Waals surface area contributed by atoms with Gasteiger partial charge in [0.2, 0.25) is 5.67 Å². The highest BCUT2D eigenvalue weighted by Crippen LogP contribution is 2.27. The van der Waals surface area contributed by atoms with Gasteiger partial charge in [-0.3, -0.25) is 0 Å².